The molecule has 0 aliphatic heterocycles. The first-order valence-corrected chi connectivity index (χ1v) is 6.05. The molecule has 3 nitrogen and oxygen atoms in total. The number of rotatable bonds is 4. The van der Waals surface area contributed by atoms with Crippen LogP contribution in [0.4, 0.5) is 0 Å². The van der Waals surface area contributed by atoms with Gasteiger partial charge in [-0.3, -0.25) is 9.97 Å². The van der Waals surface area contributed by atoms with Crippen molar-refractivity contribution < 1.29 is 0 Å². The smallest absolute Gasteiger partial charge is 0.0678 e. The molecule has 1 aliphatic rings. The minimum atomic E-state index is 0.250. The van der Waals surface area contributed by atoms with Crippen LogP contribution < -0.4 is 5.32 Å². The molecule has 1 aromatic heterocycles. The minimum absolute atomic E-state index is 0.250. The van der Waals surface area contributed by atoms with Crippen molar-refractivity contribution in [3.05, 3.63) is 23.8 Å². The van der Waals surface area contributed by atoms with E-state index in [2.05, 4.69) is 43.0 Å². The van der Waals surface area contributed by atoms with Crippen molar-refractivity contribution in [2.45, 2.75) is 45.6 Å². The zero-order valence-corrected chi connectivity index (χ0v) is 10.6. The fourth-order valence-electron chi connectivity index (χ4n) is 2.39. The number of nitrogens with one attached hydrogen (secondary N) is 1. The van der Waals surface area contributed by atoms with Crippen LogP contribution in [0.15, 0.2) is 12.4 Å². The quantitative estimate of drug-likeness (QED) is 0.842. The van der Waals surface area contributed by atoms with Gasteiger partial charge in [0.05, 0.1) is 11.4 Å². The van der Waals surface area contributed by atoms with Crippen LogP contribution in [0.2, 0.25) is 0 Å². The molecule has 0 bridgehead atoms. The lowest BCUT2D eigenvalue weighted by atomic mass is 9.99. The first kappa shape index (κ1) is 11.5. The van der Waals surface area contributed by atoms with E-state index in [1.54, 1.807) is 12.4 Å². The third-order valence-corrected chi connectivity index (χ3v) is 3.61. The summed E-state index contributed by atoms with van der Waals surface area (Å²) in [4.78, 5) is 8.83. The van der Waals surface area contributed by atoms with Crippen molar-refractivity contribution in [3.8, 4) is 0 Å². The topological polar surface area (TPSA) is 37.8 Å². The molecule has 1 aliphatic carbocycles. The molecule has 3 heteroatoms. The molecule has 1 saturated carbocycles. The van der Waals surface area contributed by atoms with Gasteiger partial charge in [0.1, 0.15) is 0 Å². The fraction of sp³-hybridized carbons (Fsp3) is 0.692. The van der Waals surface area contributed by atoms with E-state index in [1.165, 1.54) is 12.1 Å². The zero-order chi connectivity index (χ0) is 11.8. The summed E-state index contributed by atoms with van der Waals surface area (Å²) >= 11 is 0. The Morgan fingerprint density at radius 3 is 2.75 bits per heavy atom. The van der Waals surface area contributed by atoms with Crippen LogP contribution in [0, 0.1) is 12.8 Å². The Hall–Kier alpha value is -0.960. The van der Waals surface area contributed by atoms with Crippen LogP contribution in [0.25, 0.3) is 0 Å². The highest BCUT2D eigenvalue weighted by Gasteiger charge is 2.52. The summed E-state index contributed by atoms with van der Waals surface area (Å²) in [6.07, 6.45) is 4.80. The molecule has 1 heterocycles. The summed E-state index contributed by atoms with van der Waals surface area (Å²) in [5.41, 5.74) is 2.52. The first-order chi connectivity index (χ1) is 7.54. The van der Waals surface area contributed by atoms with Crippen molar-refractivity contribution in [1.29, 1.82) is 0 Å². The molecule has 1 N–H and O–H groups in total. The summed E-state index contributed by atoms with van der Waals surface area (Å²) in [7, 11) is 0. The van der Waals surface area contributed by atoms with Crippen LogP contribution in [0.5, 0.6) is 0 Å². The number of aromatic nitrogens is 2. The van der Waals surface area contributed by atoms with Crippen LogP contribution in [0.1, 0.15) is 38.6 Å². The SMILES string of the molecule is Cc1nccnc1C1(C)CC1CNC(C)C. The Bertz CT molecular complexity index is 375. The lowest BCUT2D eigenvalue weighted by Crippen LogP contribution is -2.27. The predicted octanol–water partition coefficient (Wildman–Crippen LogP) is 2.06. The Kier molecular flexibility index (Phi) is 2.98. The molecule has 0 amide bonds. The molecular formula is C13H21N3. The lowest BCUT2D eigenvalue weighted by Gasteiger charge is -2.14. The van der Waals surface area contributed by atoms with Gasteiger partial charge in [0.2, 0.25) is 0 Å². The Morgan fingerprint density at radius 2 is 2.12 bits per heavy atom. The molecule has 16 heavy (non-hydrogen) atoms. The van der Waals surface area contributed by atoms with Crippen LogP contribution >= 0.6 is 0 Å². The average Bonchev–Trinajstić information content (AvgIpc) is 2.88. The maximum Gasteiger partial charge on any atom is 0.0678 e. The monoisotopic (exact) mass is 219 g/mol. The summed E-state index contributed by atoms with van der Waals surface area (Å²) in [6, 6.07) is 0.563. The van der Waals surface area contributed by atoms with Gasteiger partial charge in [-0.2, -0.15) is 0 Å². The van der Waals surface area contributed by atoms with Gasteiger partial charge in [-0.15, -0.1) is 0 Å². The van der Waals surface area contributed by atoms with Gasteiger partial charge in [0.25, 0.3) is 0 Å². The summed E-state index contributed by atoms with van der Waals surface area (Å²) < 4.78 is 0. The normalized spacial score (nSPS) is 28.4. The van der Waals surface area contributed by atoms with Crippen molar-refractivity contribution in [2.75, 3.05) is 6.54 Å². The molecule has 2 unspecified atom stereocenters. The van der Waals surface area contributed by atoms with Gasteiger partial charge in [-0.25, -0.2) is 0 Å². The van der Waals surface area contributed by atoms with E-state index in [0.717, 1.165) is 12.2 Å². The molecule has 1 aromatic rings. The van der Waals surface area contributed by atoms with Crippen molar-refractivity contribution in [2.24, 2.45) is 5.92 Å². The number of aryl methyl sites for hydroxylation is 1. The Morgan fingerprint density at radius 1 is 1.44 bits per heavy atom. The predicted molar refractivity (Wildman–Crippen MR) is 65.4 cm³/mol. The highest BCUT2D eigenvalue weighted by atomic mass is 14.9. The minimum Gasteiger partial charge on any atom is -0.314 e. The standard InChI is InChI=1S/C13H21N3/c1-9(2)16-8-11-7-13(11,4)12-10(3)14-5-6-15-12/h5-6,9,11,16H,7-8H2,1-4H3. The lowest BCUT2D eigenvalue weighted by molar-refractivity contribution is 0.522. The van der Waals surface area contributed by atoms with E-state index < -0.39 is 0 Å². The molecule has 88 valence electrons. The van der Waals surface area contributed by atoms with Crippen molar-refractivity contribution in [1.82, 2.24) is 15.3 Å². The van der Waals surface area contributed by atoms with Gasteiger partial charge in [0, 0.05) is 23.9 Å². The van der Waals surface area contributed by atoms with Gasteiger partial charge >= 0.3 is 0 Å². The molecule has 2 rings (SSSR count). The maximum absolute atomic E-state index is 4.50. The second kappa shape index (κ2) is 4.13. The van der Waals surface area contributed by atoms with Gasteiger partial charge < -0.3 is 5.32 Å². The summed E-state index contributed by atoms with van der Waals surface area (Å²) in [5.74, 6) is 0.713. The number of hydrogen-bond acceptors (Lipinski definition) is 3. The highest BCUT2D eigenvalue weighted by molar-refractivity contribution is 5.29. The largest absolute Gasteiger partial charge is 0.314 e. The van der Waals surface area contributed by atoms with E-state index >= 15 is 0 Å². The zero-order valence-electron chi connectivity index (χ0n) is 10.6. The van der Waals surface area contributed by atoms with Crippen LogP contribution in [-0.4, -0.2) is 22.6 Å². The van der Waals surface area contributed by atoms with Gasteiger partial charge in [-0.05, 0) is 25.8 Å². The second-order valence-corrected chi connectivity index (χ2v) is 5.37. The molecular weight excluding hydrogens is 198 g/mol. The van der Waals surface area contributed by atoms with Gasteiger partial charge in [0.15, 0.2) is 0 Å². The fourth-order valence-corrected chi connectivity index (χ4v) is 2.39. The van der Waals surface area contributed by atoms with Crippen molar-refractivity contribution >= 4 is 0 Å². The molecule has 0 aromatic carbocycles. The van der Waals surface area contributed by atoms with Crippen molar-refractivity contribution in [3.63, 3.8) is 0 Å². The summed E-state index contributed by atoms with van der Waals surface area (Å²) in [6.45, 7) is 9.82. The van der Waals surface area contributed by atoms with E-state index in [4.69, 9.17) is 0 Å². The highest BCUT2D eigenvalue weighted by Crippen LogP contribution is 2.53. The molecule has 2 atom stereocenters. The van der Waals surface area contributed by atoms with Gasteiger partial charge in [-0.1, -0.05) is 20.8 Å². The third-order valence-electron chi connectivity index (χ3n) is 3.61. The van der Waals surface area contributed by atoms with E-state index in [0.29, 0.717) is 12.0 Å². The maximum atomic E-state index is 4.50. The Labute approximate surface area is 97.7 Å². The van der Waals surface area contributed by atoms with E-state index in [1.807, 2.05) is 0 Å². The number of nitrogens with zero attached hydrogens (tertiary/aromatic N) is 2. The van der Waals surface area contributed by atoms with E-state index in [9.17, 15) is 0 Å². The Balaban J connectivity index is 2.04. The molecule has 0 saturated heterocycles. The molecule has 1 fully saturated rings. The third kappa shape index (κ3) is 2.09. The van der Waals surface area contributed by atoms with Crippen LogP contribution in [-0.2, 0) is 5.41 Å². The molecule has 0 radical (unpaired) electrons. The van der Waals surface area contributed by atoms with Crippen LogP contribution in [0.3, 0.4) is 0 Å². The van der Waals surface area contributed by atoms with E-state index in [-0.39, 0.29) is 5.41 Å². The summed E-state index contributed by atoms with van der Waals surface area (Å²) in [5, 5.41) is 3.50. The second-order valence-electron chi connectivity index (χ2n) is 5.37. The average molecular weight is 219 g/mol. The molecule has 0 spiro atoms. The number of hydrogen-bond donors (Lipinski definition) is 1. The first-order valence-electron chi connectivity index (χ1n) is 6.05.